The molecule has 2 aromatic carbocycles. The van der Waals surface area contributed by atoms with Gasteiger partial charge in [0.1, 0.15) is 0 Å². The van der Waals surface area contributed by atoms with Gasteiger partial charge in [-0.25, -0.2) is 8.42 Å². The summed E-state index contributed by atoms with van der Waals surface area (Å²) >= 11 is 0. The average Bonchev–Trinajstić information content (AvgIpc) is 3.10. The molecule has 3 aliphatic heterocycles. The molecule has 7 heteroatoms. The van der Waals surface area contributed by atoms with Crippen LogP contribution in [-0.4, -0.2) is 62.8 Å². The molecule has 0 aliphatic carbocycles. The molecule has 0 bridgehead atoms. The van der Waals surface area contributed by atoms with E-state index in [0.717, 1.165) is 31.6 Å². The minimum absolute atomic E-state index is 0.101. The number of rotatable bonds is 3. The Morgan fingerprint density at radius 3 is 2.47 bits per heavy atom. The molecular formula is C27H35N3O3S. The number of sulfonamides is 1. The summed E-state index contributed by atoms with van der Waals surface area (Å²) in [6.45, 7) is 9.21. The van der Waals surface area contributed by atoms with Crippen molar-refractivity contribution in [2.75, 3.05) is 38.1 Å². The van der Waals surface area contributed by atoms with E-state index < -0.39 is 10.0 Å². The van der Waals surface area contributed by atoms with Gasteiger partial charge in [-0.3, -0.25) is 4.79 Å². The van der Waals surface area contributed by atoms with Gasteiger partial charge in [-0.2, -0.15) is 4.31 Å². The van der Waals surface area contributed by atoms with Crippen molar-refractivity contribution in [1.29, 1.82) is 0 Å². The third-order valence-corrected chi connectivity index (χ3v) is 9.55. The van der Waals surface area contributed by atoms with Crippen molar-refractivity contribution in [3.63, 3.8) is 0 Å². The normalized spacial score (nSPS) is 27.9. The number of carbonyl (C=O) groups is 1. The number of carbonyl (C=O) groups excluding carboxylic acids is 1. The maximum absolute atomic E-state index is 13.9. The second kappa shape index (κ2) is 8.77. The Bertz CT molecular complexity index is 1200. The SMILES string of the molecule is Cc1ccc2c(c1)[C@@H]1CN(C)CC[C@@H]1N2C(=O)c1cccc(S(=O)(=O)N2C[C@H](C)C[C@@H](C)C2)c1. The molecule has 4 atom stereocenters. The molecule has 2 saturated heterocycles. The van der Waals surface area contributed by atoms with Gasteiger partial charge in [0.05, 0.1) is 4.90 Å². The third-order valence-electron chi connectivity index (χ3n) is 7.73. The fourth-order valence-corrected chi connectivity index (χ4v) is 7.95. The van der Waals surface area contributed by atoms with E-state index in [1.54, 1.807) is 28.6 Å². The zero-order chi connectivity index (χ0) is 24.2. The lowest BCUT2D eigenvalue weighted by molar-refractivity contribution is 0.0964. The van der Waals surface area contributed by atoms with Crippen LogP contribution in [0.25, 0.3) is 0 Å². The van der Waals surface area contributed by atoms with E-state index in [1.807, 2.05) is 4.90 Å². The van der Waals surface area contributed by atoms with Crippen LogP contribution in [0.5, 0.6) is 0 Å². The highest BCUT2D eigenvalue weighted by atomic mass is 32.2. The molecule has 3 aliphatic rings. The number of piperidine rings is 2. The number of benzene rings is 2. The summed E-state index contributed by atoms with van der Waals surface area (Å²) in [6.07, 6.45) is 1.94. The molecule has 34 heavy (non-hydrogen) atoms. The number of anilines is 1. The van der Waals surface area contributed by atoms with Crippen molar-refractivity contribution in [1.82, 2.24) is 9.21 Å². The maximum Gasteiger partial charge on any atom is 0.258 e. The predicted molar refractivity (Wildman–Crippen MR) is 135 cm³/mol. The standard InChI is InChI=1S/C27H35N3O3S/c1-18-8-9-25-23(13-18)24-17-28(4)11-10-26(24)30(25)27(31)21-6-5-7-22(14-21)34(32,33)29-15-19(2)12-20(3)16-29/h5-9,13-14,19-20,24,26H,10-12,15-17H2,1-4H3/t19-,20-,24+,26+/m1/s1. The van der Waals surface area contributed by atoms with Crippen LogP contribution < -0.4 is 4.90 Å². The molecule has 0 unspecified atom stereocenters. The van der Waals surface area contributed by atoms with E-state index >= 15 is 0 Å². The van der Waals surface area contributed by atoms with Crippen LogP contribution in [0.3, 0.4) is 0 Å². The largest absolute Gasteiger partial charge is 0.306 e. The van der Waals surface area contributed by atoms with Crippen LogP contribution in [0.15, 0.2) is 47.4 Å². The van der Waals surface area contributed by atoms with E-state index in [2.05, 4.69) is 50.9 Å². The first-order valence-corrected chi connectivity index (χ1v) is 13.8. The summed E-state index contributed by atoms with van der Waals surface area (Å²) in [4.78, 5) is 18.4. The Hall–Kier alpha value is -2.22. The van der Waals surface area contributed by atoms with Crippen LogP contribution in [0.1, 0.15) is 54.1 Å². The van der Waals surface area contributed by atoms with Crippen LogP contribution in [0.4, 0.5) is 5.69 Å². The first-order chi connectivity index (χ1) is 16.1. The Balaban J connectivity index is 1.49. The van der Waals surface area contributed by atoms with E-state index in [0.29, 0.717) is 30.5 Å². The number of likely N-dealkylation sites (tertiary alicyclic amines) is 1. The Morgan fingerprint density at radius 2 is 1.74 bits per heavy atom. The lowest BCUT2D eigenvalue weighted by Crippen LogP contribution is -2.47. The summed E-state index contributed by atoms with van der Waals surface area (Å²) in [5.74, 6) is 0.823. The topological polar surface area (TPSA) is 60.9 Å². The molecule has 6 nitrogen and oxygen atoms in total. The molecule has 5 rings (SSSR count). The summed E-state index contributed by atoms with van der Waals surface area (Å²) < 4.78 is 28.5. The predicted octanol–water partition coefficient (Wildman–Crippen LogP) is 4.11. The Morgan fingerprint density at radius 1 is 1.00 bits per heavy atom. The second-order valence-corrected chi connectivity index (χ2v) is 12.7. The molecule has 3 heterocycles. The van der Waals surface area contributed by atoms with Gasteiger partial charge in [0.2, 0.25) is 10.0 Å². The number of amides is 1. The number of hydrogen-bond donors (Lipinski definition) is 0. The highest BCUT2D eigenvalue weighted by Crippen LogP contribution is 2.45. The fourth-order valence-electron chi connectivity index (χ4n) is 6.23. The van der Waals surface area contributed by atoms with Crippen molar-refractivity contribution in [2.45, 2.75) is 50.5 Å². The number of fused-ring (bicyclic) bond motifs is 3. The molecule has 0 radical (unpaired) electrons. The van der Waals surface area contributed by atoms with E-state index in [1.165, 1.54) is 11.1 Å². The van der Waals surface area contributed by atoms with Gasteiger partial charge >= 0.3 is 0 Å². The van der Waals surface area contributed by atoms with Gasteiger partial charge in [-0.1, -0.05) is 37.6 Å². The van der Waals surface area contributed by atoms with Crippen molar-refractivity contribution in [2.24, 2.45) is 11.8 Å². The second-order valence-electron chi connectivity index (χ2n) is 10.8. The van der Waals surface area contributed by atoms with E-state index in [4.69, 9.17) is 0 Å². The van der Waals surface area contributed by atoms with Crippen LogP contribution in [0.2, 0.25) is 0 Å². The smallest absolute Gasteiger partial charge is 0.258 e. The Labute approximate surface area is 203 Å². The van der Waals surface area contributed by atoms with Gasteiger partial charge in [0.25, 0.3) is 5.91 Å². The van der Waals surface area contributed by atoms with Gasteiger partial charge in [0.15, 0.2) is 0 Å². The number of aryl methyl sites for hydroxylation is 1. The molecular weight excluding hydrogens is 446 g/mol. The molecule has 1 amide bonds. The molecule has 182 valence electrons. The molecule has 2 aromatic rings. The molecule has 0 spiro atoms. The lowest BCUT2D eigenvalue weighted by atomic mass is 9.88. The highest BCUT2D eigenvalue weighted by molar-refractivity contribution is 7.89. The monoisotopic (exact) mass is 481 g/mol. The molecule has 0 N–H and O–H groups in total. The van der Waals surface area contributed by atoms with Crippen LogP contribution in [0, 0.1) is 18.8 Å². The van der Waals surface area contributed by atoms with Gasteiger partial charge in [-0.15, -0.1) is 0 Å². The summed E-state index contributed by atoms with van der Waals surface area (Å²) in [6, 6.07) is 13.1. The van der Waals surface area contributed by atoms with Crippen LogP contribution in [-0.2, 0) is 10.0 Å². The zero-order valence-corrected chi connectivity index (χ0v) is 21.4. The Kier molecular flexibility index (Phi) is 6.07. The number of hydrogen-bond acceptors (Lipinski definition) is 4. The van der Waals surface area contributed by atoms with E-state index in [-0.39, 0.29) is 22.8 Å². The fraction of sp³-hybridized carbons (Fsp3) is 0.519. The third kappa shape index (κ3) is 4.08. The van der Waals surface area contributed by atoms with Crippen LogP contribution >= 0.6 is 0 Å². The van der Waals surface area contributed by atoms with E-state index in [9.17, 15) is 13.2 Å². The highest BCUT2D eigenvalue weighted by Gasteiger charge is 2.44. The zero-order valence-electron chi connectivity index (χ0n) is 20.6. The summed E-state index contributed by atoms with van der Waals surface area (Å²) in [7, 11) is -1.52. The lowest BCUT2D eigenvalue weighted by Gasteiger charge is -2.36. The molecule has 0 saturated carbocycles. The first kappa shape index (κ1) is 23.5. The van der Waals surface area contributed by atoms with Crippen molar-refractivity contribution in [3.05, 3.63) is 59.2 Å². The van der Waals surface area contributed by atoms with Gasteiger partial charge in [-0.05, 0) is 75.0 Å². The van der Waals surface area contributed by atoms with Crippen molar-refractivity contribution in [3.8, 4) is 0 Å². The minimum atomic E-state index is -3.65. The summed E-state index contributed by atoms with van der Waals surface area (Å²) in [5.41, 5.74) is 3.82. The number of likely N-dealkylation sites (N-methyl/N-ethyl adjacent to an activating group) is 1. The average molecular weight is 482 g/mol. The first-order valence-electron chi connectivity index (χ1n) is 12.4. The quantitative estimate of drug-likeness (QED) is 0.662. The summed E-state index contributed by atoms with van der Waals surface area (Å²) in [5, 5.41) is 0. The van der Waals surface area contributed by atoms with Crippen molar-refractivity contribution >= 4 is 21.6 Å². The van der Waals surface area contributed by atoms with Gasteiger partial charge < -0.3 is 9.80 Å². The minimum Gasteiger partial charge on any atom is -0.306 e. The van der Waals surface area contributed by atoms with Crippen molar-refractivity contribution < 1.29 is 13.2 Å². The molecule has 0 aromatic heterocycles. The molecule has 2 fully saturated rings. The van der Waals surface area contributed by atoms with Gasteiger partial charge in [0, 0.05) is 42.8 Å². The number of nitrogens with zero attached hydrogens (tertiary/aromatic N) is 3. The maximum atomic E-state index is 13.9.